The van der Waals surface area contributed by atoms with Crippen LogP contribution in [0.1, 0.15) is 13.3 Å². The Kier molecular flexibility index (Phi) is 9.38. The summed E-state index contributed by atoms with van der Waals surface area (Å²) in [7, 11) is 1.40. The van der Waals surface area contributed by atoms with Gasteiger partial charge < -0.3 is 34.3 Å². The molecule has 0 radical (unpaired) electrons. The largest absolute Gasteiger partial charge is 1.00 e. The fourth-order valence-electron chi connectivity index (χ4n) is 1.91. The number of carboxylic acids is 1. The van der Waals surface area contributed by atoms with Crippen LogP contribution in [0.4, 0.5) is 0 Å². The first-order valence-electron chi connectivity index (χ1n) is 5.79. The van der Waals surface area contributed by atoms with E-state index in [1.165, 1.54) is 7.11 Å². The average molecular weight is 286 g/mol. The van der Waals surface area contributed by atoms with E-state index < -0.39 is 36.5 Å². The van der Waals surface area contributed by atoms with Crippen molar-refractivity contribution in [2.24, 2.45) is 0 Å². The van der Waals surface area contributed by atoms with Gasteiger partial charge in [-0.15, -0.1) is 0 Å². The quantitative estimate of drug-likeness (QED) is 0.371. The second-order valence-electron chi connectivity index (χ2n) is 4.26. The van der Waals surface area contributed by atoms with Gasteiger partial charge in [0.05, 0.1) is 19.3 Å². The molecule has 0 spiro atoms. The molecule has 1 heterocycles. The van der Waals surface area contributed by atoms with Crippen molar-refractivity contribution in [3.8, 4) is 0 Å². The summed E-state index contributed by atoms with van der Waals surface area (Å²) < 4.78 is 15.7. The molecule has 19 heavy (non-hydrogen) atoms. The van der Waals surface area contributed by atoms with Crippen LogP contribution >= 0.6 is 0 Å². The minimum absolute atomic E-state index is 0. The normalized spacial score (nSPS) is 34.6. The molecule has 1 rings (SSSR count). The van der Waals surface area contributed by atoms with Gasteiger partial charge in [-0.1, -0.05) is 0 Å². The molecule has 0 aromatic carbocycles. The van der Waals surface area contributed by atoms with Crippen LogP contribution in [0.2, 0.25) is 0 Å². The first-order chi connectivity index (χ1) is 8.47. The third-order valence-corrected chi connectivity index (χ3v) is 2.93. The SMILES string of the molecule is CO[C@@H]1C(COCCC(=O)[O-])O[C@H](C)C(O)[C@@H]1O.[Na+]. The van der Waals surface area contributed by atoms with Crippen molar-refractivity contribution >= 4 is 5.97 Å². The number of aliphatic hydroxyl groups is 2. The molecule has 0 aliphatic carbocycles. The molecule has 8 heteroatoms. The van der Waals surface area contributed by atoms with E-state index in [2.05, 4.69) is 0 Å². The zero-order valence-corrected chi connectivity index (χ0v) is 13.4. The Balaban J connectivity index is 0.00000324. The van der Waals surface area contributed by atoms with Gasteiger partial charge in [-0.3, -0.25) is 0 Å². The summed E-state index contributed by atoms with van der Waals surface area (Å²) in [4.78, 5) is 10.2. The van der Waals surface area contributed by atoms with E-state index in [1.807, 2.05) is 0 Å². The number of hydrogen-bond donors (Lipinski definition) is 2. The van der Waals surface area contributed by atoms with Crippen molar-refractivity contribution in [2.75, 3.05) is 20.3 Å². The number of ether oxygens (including phenoxy) is 3. The molecule has 0 amide bonds. The summed E-state index contributed by atoms with van der Waals surface area (Å²) in [5.41, 5.74) is 0. The molecule has 7 nitrogen and oxygen atoms in total. The van der Waals surface area contributed by atoms with Gasteiger partial charge in [0.15, 0.2) is 0 Å². The van der Waals surface area contributed by atoms with E-state index in [-0.39, 0.29) is 49.2 Å². The van der Waals surface area contributed by atoms with E-state index in [0.717, 1.165) is 0 Å². The van der Waals surface area contributed by atoms with Gasteiger partial charge in [0.1, 0.15) is 24.4 Å². The molecule has 5 atom stereocenters. The maximum Gasteiger partial charge on any atom is 1.00 e. The monoisotopic (exact) mass is 286 g/mol. The molecule has 1 saturated heterocycles. The molecule has 2 unspecified atom stereocenters. The molecule has 1 fully saturated rings. The summed E-state index contributed by atoms with van der Waals surface area (Å²) in [5, 5.41) is 29.6. The molecule has 1 aliphatic rings. The topological polar surface area (TPSA) is 108 Å². The number of hydrogen-bond acceptors (Lipinski definition) is 7. The Bertz CT molecular complexity index is 276. The number of carboxylic acid groups (broad SMARTS) is 1. The second kappa shape index (κ2) is 9.25. The van der Waals surface area contributed by atoms with E-state index in [0.29, 0.717) is 0 Å². The van der Waals surface area contributed by atoms with Crippen LogP contribution in [-0.2, 0) is 19.0 Å². The van der Waals surface area contributed by atoms with Gasteiger partial charge in [0.2, 0.25) is 0 Å². The molecule has 2 N–H and O–H groups in total. The Morgan fingerprint density at radius 2 is 2.00 bits per heavy atom. The van der Waals surface area contributed by atoms with Crippen molar-refractivity contribution in [1.29, 1.82) is 0 Å². The minimum atomic E-state index is -1.19. The minimum Gasteiger partial charge on any atom is -0.550 e. The molecule has 1 aliphatic heterocycles. The van der Waals surface area contributed by atoms with E-state index in [9.17, 15) is 20.1 Å². The summed E-state index contributed by atoms with van der Waals surface area (Å²) in [6.45, 7) is 1.72. The van der Waals surface area contributed by atoms with Crippen LogP contribution in [0.15, 0.2) is 0 Å². The van der Waals surface area contributed by atoms with Gasteiger partial charge in [0.25, 0.3) is 0 Å². The number of methoxy groups -OCH3 is 1. The second-order valence-corrected chi connectivity index (χ2v) is 4.26. The first kappa shape index (κ1) is 19.3. The molecule has 0 aromatic rings. The van der Waals surface area contributed by atoms with Gasteiger partial charge in [0, 0.05) is 19.5 Å². The Morgan fingerprint density at radius 3 is 2.53 bits per heavy atom. The Hall–Kier alpha value is 0.270. The number of aliphatic carboxylic acids is 1. The third kappa shape index (κ3) is 5.65. The predicted octanol–water partition coefficient (Wildman–Crippen LogP) is -5.33. The number of aliphatic hydroxyl groups excluding tert-OH is 2. The third-order valence-electron chi connectivity index (χ3n) is 2.93. The van der Waals surface area contributed by atoms with Crippen LogP contribution in [0, 0.1) is 0 Å². The number of carbonyl (C=O) groups is 1. The number of carbonyl (C=O) groups excluding carboxylic acids is 1. The summed E-state index contributed by atoms with van der Waals surface area (Å²) in [6, 6.07) is 0. The van der Waals surface area contributed by atoms with Crippen molar-refractivity contribution in [2.45, 2.75) is 43.9 Å². The van der Waals surface area contributed by atoms with Crippen molar-refractivity contribution in [1.82, 2.24) is 0 Å². The molecule has 0 saturated carbocycles. The van der Waals surface area contributed by atoms with Gasteiger partial charge in [-0.05, 0) is 6.92 Å². The molecular weight excluding hydrogens is 267 g/mol. The molecule has 0 aromatic heterocycles. The maximum atomic E-state index is 10.2. The standard InChI is InChI=1S/C11H20O7.Na/c1-6-9(14)10(15)11(16-2)7(18-6)5-17-4-3-8(12)13;/h6-7,9-11,14-15H,3-5H2,1-2H3,(H,12,13);/q;+1/p-1/t6-,7?,9?,10+,11-;/m1./s1. The summed E-state index contributed by atoms with van der Waals surface area (Å²) >= 11 is 0. The summed E-state index contributed by atoms with van der Waals surface area (Å²) in [6.07, 6.45) is -4.08. The van der Waals surface area contributed by atoms with Crippen molar-refractivity contribution in [3.05, 3.63) is 0 Å². The summed E-state index contributed by atoms with van der Waals surface area (Å²) in [5.74, 6) is -1.19. The van der Waals surface area contributed by atoms with Crippen LogP contribution in [-0.4, -0.2) is 67.0 Å². The van der Waals surface area contributed by atoms with E-state index in [4.69, 9.17) is 14.2 Å². The fraction of sp³-hybridized carbons (Fsp3) is 0.909. The van der Waals surface area contributed by atoms with Gasteiger partial charge in [-0.25, -0.2) is 0 Å². The number of rotatable bonds is 6. The zero-order chi connectivity index (χ0) is 13.7. The first-order valence-corrected chi connectivity index (χ1v) is 5.79. The van der Waals surface area contributed by atoms with Crippen molar-refractivity contribution < 1.29 is 63.9 Å². The Labute approximate surface area is 134 Å². The predicted molar refractivity (Wildman–Crippen MR) is 57.6 cm³/mol. The smallest absolute Gasteiger partial charge is 0.550 e. The fourth-order valence-corrected chi connectivity index (χ4v) is 1.91. The van der Waals surface area contributed by atoms with Gasteiger partial charge >= 0.3 is 29.6 Å². The van der Waals surface area contributed by atoms with Crippen LogP contribution in [0.25, 0.3) is 0 Å². The van der Waals surface area contributed by atoms with E-state index >= 15 is 0 Å². The van der Waals surface area contributed by atoms with Crippen molar-refractivity contribution in [3.63, 3.8) is 0 Å². The zero-order valence-electron chi connectivity index (χ0n) is 11.4. The molecule has 0 bridgehead atoms. The van der Waals surface area contributed by atoms with Crippen LogP contribution < -0.4 is 34.7 Å². The van der Waals surface area contributed by atoms with Gasteiger partial charge in [-0.2, -0.15) is 0 Å². The van der Waals surface area contributed by atoms with Crippen LogP contribution in [0.3, 0.4) is 0 Å². The Morgan fingerprint density at radius 1 is 1.37 bits per heavy atom. The molecule has 106 valence electrons. The maximum absolute atomic E-state index is 10.2. The van der Waals surface area contributed by atoms with Crippen LogP contribution in [0.5, 0.6) is 0 Å². The average Bonchev–Trinajstić information content (AvgIpc) is 2.32. The molecular formula is C11H19NaO7. The van der Waals surface area contributed by atoms with E-state index in [1.54, 1.807) is 6.92 Å².